The molecule has 1 N–H and O–H groups in total. The number of carbonyl (C=O) groups is 2. The second-order valence-electron chi connectivity index (χ2n) is 6.89. The lowest BCUT2D eigenvalue weighted by atomic mass is 10.1. The third-order valence-electron chi connectivity index (χ3n) is 4.87. The molecule has 2 amide bonds. The standard InChI is InChI=1S/C19H21N7O3/c1-13(27)20-11-17(28)25-9-7-15(8-10-25)26-12-16(22-24-26)19-21-18(23-29-19)14-5-3-2-4-6-14/h2-6,12,15H,7-11H2,1H3,(H,20,27). The van der Waals surface area contributed by atoms with Gasteiger partial charge in [0.2, 0.25) is 17.6 Å². The van der Waals surface area contributed by atoms with Gasteiger partial charge in [-0.3, -0.25) is 9.59 Å². The molecule has 2 aromatic heterocycles. The van der Waals surface area contributed by atoms with Gasteiger partial charge in [-0.05, 0) is 12.8 Å². The van der Waals surface area contributed by atoms with Crippen LogP contribution >= 0.6 is 0 Å². The number of likely N-dealkylation sites (tertiary alicyclic amines) is 1. The van der Waals surface area contributed by atoms with Crippen molar-refractivity contribution in [2.45, 2.75) is 25.8 Å². The fourth-order valence-corrected chi connectivity index (χ4v) is 3.28. The van der Waals surface area contributed by atoms with Crippen LogP contribution in [0.2, 0.25) is 0 Å². The lowest BCUT2D eigenvalue weighted by Crippen LogP contribution is -2.44. The Morgan fingerprint density at radius 1 is 1.21 bits per heavy atom. The molecule has 3 heterocycles. The molecule has 0 unspecified atom stereocenters. The summed E-state index contributed by atoms with van der Waals surface area (Å²) < 4.78 is 7.13. The Morgan fingerprint density at radius 2 is 1.97 bits per heavy atom. The highest BCUT2D eigenvalue weighted by Crippen LogP contribution is 2.25. The van der Waals surface area contributed by atoms with E-state index >= 15 is 0 Å². The molecule has 3 aromatic rings. The van der Waals surface area contributed by atoms with E-state index in [0.29, 0.717) is 30.5 Å². The highest BCUT2D eigenvalue weighted by molar-refractivity contribution is 5.83. The van der Waals surface area contributed by atoms with Crippen LogP contribution in [0.1, 0.15) is 25.8 Å². The van der Waals surface area contributed by atoms with Crippen LogP contribution in [0.3, 0.4) is 0 Å². The molecule has 0 spiro atoms. The van der Waals surface area contributed by atoms with Crippen LogP contribution in [0, 0.1) is 0 Å². The first-order chi connectivity index (χ1) is 14.1. The minimum absolute atomic E-state index is 0.0361. The van der Waals surface area contributed by atoms with Crippen LogP contribution in [-0.4, -0.2) is 61.5 Å². The Balaban J connectivity index is 1.37. The lowest BCUT2D eigenvalue weighted by molar-refractivity contribution is -0.133. The third-order valence-corrected chi connectivity index (χ3v) is 4.87. The Bertz CT molecular complexity index is 990. The van der Waals surface area contributed by atoms with Gasteiger partial charge >= 0.3 is 0 Å². The summed E-state index contributed by atoms with van der Waals surface area (Å²) in [5, 5.41) is 14.9. The topological polar surface area (TPSA) is 119 Å². The van der Waals surface area contributed by atoms with Gasteiger partial charge in [0, 0.05) is 25.6 Å². The summed E-state index contributed by atoms with van der Waals surface area (Å²) in [4.78, 5) is 29.2. The number of hydrogen-bond donors (Lipinski definition) is 1. The highest BCUT2D eigenvalue weighted by atomic mass is 16.5. The van der Waals surface area contributed by atoms with E-state index < -0.39 is 0 Å². The van der Waals surface area contributed by atoms with Gasteiger partial charge in [0.25, 0.3) is 5.89 Å². The molecule has 1 fully saturated rings. The predicted molar refractivity (Wildman–Crippen MR) is 102 cm³/mol. The fourth-order valence-electron chi connectivity index (χ4n) is 3.28. The largest absolute Gasteiger partial charge is 0.347 e. The molecule has 1 aliphatic heterocycles. The van der Waals surface area contributed by atoms with Crippen molar-refractivity contribution in [2.75, 3.05) is 19.6 Å². The molecular weight excluding hydrogens is 374 g/mol. The molecule has 0 aliphatic carbocycles. The molecule has 0 saturated carbocycles. The molecule has 1 saturated heterocycles. The number of nitrogens with one attached hydrogen (secondary N) is 1. The molecule has 0 bridgehead atoms. The third kappa shape index (κ3) is 4.31. The van der Waals surface area contributed by atoms with Gasteiger partial charge in [0.15, 0.2) is 5.69 Å². The second-order valence-corrected chi connectivity index (χ2v) is 6.89. The first kappa shape index (κ1) is 18.8. The molecule has 29 heavy (non-hydrogen) atoms. The molecule has 0 radical (unpaired) electrons. The summed E-state index contributed by atoms with van der Waals surface area (Å²) in [5.74, 6) is 0.538. The highest BCUT2D eigenvalue weighted by Gasteiger charge is 2.25. The Kier molecular flexibility index (Phi) is 5.32. The minimum Gasteiger partial charge on any atom is -0.347 e. The molecule has 1 aromatic carbocycles. The van der Waals surface area contributed by atoms with Crippen molar-refractivity contribution in [3.8, 4) is 23.0 Å². The van der Waals surface area contributed by atoms with Crippen LogP contribution in [0.15, 0.2) is 41.1 Å². The Morgan fingerprint density at radius 3 is 2.69 bits per heavy atom. The van der Waals surface area contributed by atoms with E-state index in [2.05, 4.69) is 25.8 Å². The predicted octanol–water partition coefficient (Wildman–Crippen LogP) is 1.29. The molecule has 150 valence electrons. The number of hydrogen-bond acceptors (Lipinski definition) is 7. The smallest absolute Gasteiger partial charge is 0.280 e. The number of carbonyl (C=O) groups excluding carboxylic acids is 2. The van der Waals surface area contributed by atoms with E-state index in [1.165, 1.54) is 6.92 Å². The van der Waals surface area contributed by atoms with Crippen molar-refractivity contribution in [1.82, 2.24) is 35.4 Å². The normalized spacial score (nSPS) is 14.7. The average molecular weight is 395 g/mol. The van der Waals surface area contributed by atoms with Gasteiger partial charge in [-0.2, -0.15) is 4.98 Å². The van der Waals surface area contributed by atoms with E-state index in [1.54, 1.807) is 15.8 Å². The maximum Gasteiger partial charge on any atom is 0.280 e. The Hall–Kier alpha value is -3.56. The Labute approximate surface area is 166 Å². The number of nitrogens with zero attached hydrogens (tertiary/aromatic N) is 6. The average Bonchev–Trinajstić information content (AvgIpc) is 3.42. The number of aromatic nitrogens is 5. The summed E-state index contributed by atoms with van der Waals surface area (Å²) in [7, 11) is 0. The van der Waals surface area contributed by atoms with Crippen LogP contribution in [0.25, 0.3) is 23.0 Å². The van der Waals surface area contributed by atoms with Crippen LogP contribution in [-0.2, 0) is 9.59 Å². The molecule has 10 heteroatoms. The lowest BCUT2D eigenvalue weighted by Gasteiger charge is -2.31. The van der Waals surface area contributed by atoms with E-state index in [4.69, 9.17) is 4.52 Å². The van der Waals surface area contributed by atoms with Crippen molar-refractivity contribution in [2.24, 2.45) is 0 Å². The van der Waals surface area contributed by atoms with Crippen LogP contribution < -0.4 is 5.32 Å². The van der Waals surface area contributed by atoms with Gasteiger partial charge in [-0.15, -0.1) is 5.10 Å². The van der Waals surface area contributed by atoms with Gasteiger partial charge < -0.3 is 14.7 Å². The number of piperidine rings is 1. The summed E-state index contributed by atoms with van der Waals surface area (Å²) in [5.41, 5.74) is 1.38. The molecular formula is C19H21N7O3. The SMILES string of the molecule is CC(=O)NCC(=O)N1CCC(n2cc(-c3nc(-c4ccccc4)no3)nn2)CC1. The van der Waals surface area contributed by atoms with Gasteiger partial charge in [0.05, 0.1) is 18.8 Å². The summed E-state index contributed by atoms with van der Waals surface area (Å²) >= 11 is 0. The zero-order valence-electron chi connectivity index (χ0n) is 16.0. The summed E-state index contributed by atoms with van der Waals surface area (Å²) in [6.07, 6.45) is 3.31. The molecule has 10 nitrogen and oxygen atoms in total. The first-order valence-corrected chi connectivity index (χ1v) is 9.43. The van der Waals surface area contributed by atoms with Crippen LogP contribution in [0.5, 0.6) is 0 Å². The monoisotopic (exact) mass is 395 g/mol. The number of benzene rings is 1. The van der Waals surface area contributed by atoms with E-state index in [-0.39, 0.29) is 24.4 Å². The van der Waals surface area contributed by atoms with Crippen LogP contribution in [0.4, 0.5) is 0 Å². The maximum atomic E-state index is 12.1. The minimum atomic E-state index is -0.208. The summed E-state index contributed by atoms with van der Waals surface area (Å²) in [6, 6.07) is 9.70. The second kappa shape index (κ2) is 8.21. The molecule has 1 aliphatic rings. The van der Waals surface area contributed by atoms with E-state index in [9.17, 15) is 9.59 Å². The van der Waals surface area contributed by atoms with E-state index in [0.717, 1.165) is 18.4 Å². The first-order valence-electron chi connectivity index (χ1n) is 9.43. The zero-order valence-corrected chi connectivity index (χ0v) is 16.0. The van der Waals surface area contributed by atoms with Gasteiger partial charge in [-0.25, -0.2) is 4.68 Å². The van der Waals surface area contributed by atoms with E-state index in [1.807, 2.05) is 30.3 Å². The molecule has 0 atom stereocenters. The number of rotatable bonds is 5. The molecule has 4 rings (SSSR count). The van der Waals surface area contributed by atoms with Gasteiger partial charge in [-0.1, -0.05) is 40.7 Å². The van der Waals surface area contributed by atoms with Crippen molar-refractivity contribution in [3.63, 3.8) is 0 Å². The van der Waals surface area contributed by atoms with Crippen molar-refractivity contribution in [3.05, 3.63) is 36.5 Å². The van der Waals surface area contributed by atoms with Crippen molar-refractivity contribution < 1.29 is 14.1 Å². The van der Waals surface area contributed by atoms with Gasteiger partial charge in [0.1, 0.15) is 0 Å². The fraction of sp³-hybridized carbons (Fsp3) is 0.368. The van der Waals surface area contributed by atoms with Crippen molar-refractivity contribution in [1.29, 1.82) is 0 Å². The summed E-state index contributed by atoms with van der Waals surface area (Å²) in [6.45, 7) is 2.65. The quantitative estimate of drug-likeness (QED) is 0.691. The van der Waals surface area contributed by atoms with Crippen molar-refractivity contribution >= 4 is 11.8 Å². The number of amides is 2. The zero-order chi connectivity index (χ0) is 20.2. The maximum absolute atomic E-state index is 12.1.